The maximum Gasteiger partial charge on any atom is 0.320 e. The first-order chi connectivity index (χ1) is 8.72. The van der Waals surface area contributed by atoms with Gasteiger partial charge in [0.25, 0.3) is 0 Å². The highest BCUT2D eigenvalue weighted by molar-refractivity contribution is 5.73. The van der Waals surface area contributed by atoms with Gasteiger partial charge in [-0.25, -0.2) is 9.67 Å². The van der Waals surface area contributed by atoms with Gasteiger partial charge < -0.3 is 5.11 Å². The number of aryl methyl sites for hydroxylation is 1. The average molecular weight is 252 g/mol. The lowest BCUT2D eigenvalue weighted by atomic mass is 10.1. The number of rotatable bonds is 4. The molecule has 1 aromatic rings. The molecule has 1 atom stereocenters. The lowest BCUT2D eigenvalue weighted by Gasteiger charge is -2.26. The first kappa shape index (κ1) is 13.0. The van der Waals surface area contributed by atoms with Crippen LogP contribution < -0.4 is 0 Å². The van der Waals surface area contributed by atoms with Crippen LogP contribution in [0.15, 0.2) is 6.33 Å². The van der Waals surface area contributed by atoms with Gasteiger partial charge in [-0.1, -0.05) is 12.8 Å². The molecule has 0 aromatic carbocycles. The number of nitrogens with zero attached hydrogens (tertiary/aromatic N) is 4. The van der Waals surface area contributed by atoms with Crippen LogP contribution in [0.3, 0.4) is 0 Å². The molecule has 0 spiro atoms. The van der Waals surface area contributed by atoms with Crippen LogP contribution in [0.2, 0.25) is 0 Å². The van der Waals surface area contributed by atoms with Gasteiger partial charge in [0.1, 0.15) is 18.2 Å². The summed E-state index contributed by atoms with van der Waals surface area (Å²) in [6, 6.07) is -0.380. The second-order valence-corrected chi connectivity index (χ2v) is 4.67. The van der Waals surface area contributed by atoms with Crippen LogP contribution in [0.5, 0.6) is 0 Å². The Morgan fingerprint density at radius 1 is 1.50 bits per heavy atom. The van der Waals surface area contributed by atoms with Crippen molar-refractivity contribution in [2.75, 3.05) is 6.54 Å². The summed E-state index contributed by atoms with van der Waals surface area (Å²) in [4.78, 5) is 17.6. The smallest absolute Gasteiger partial charge is 0.320 e. The Bertz CT molecular complexity index is 405. The molecule has 0 aliphatic carbocycles. The fourth-order valence-corrected chi connectivity index (χ4v) is 2.49. The van der Waals surface area contributed by atoms with E-state index in [0.29, 0.717) is 6.54 Å². The zero-order valence-electron chi connectivity index (χ0n) is 10.7. The largest absolute Gasteiger partial charge is 0.480 e. The zero-order chi connectivity index (χ0) is 13.0. The van der Waals surface area contributed by atoms with E-state index in [2.05, 4.69) is 10.1 Å². The van der Waals surface area contributed by atoms with Crippen LogP contribution >= 0.6 is 0 Å². The number of hydrogen-bond donors (Lipinski definition) is 1. The molecule has 0 amide bonds. The Balaban J connectivity index is 2.11. The van der Waals surface area contributed by atoms with E-state index in [0.717, 1.165) is 44.6 Å². The number of hydrogen-bond acceptors (Lipinski definition) is 4. The molecular weight excluding hydrogens is 232 g/mol. The summed E-state index contributed by atoms with van der Waals surface area (Å²) in [7, 11) is 0. The molecule has 6 heteroatoms. The highest BCUT2D eigenvalue weighted by atomic mass is 16.4. The van der Waals surface area contributed by atoms with Crippen molar-refractivity contribution in [3.8, 4) is 0 Å². The van der Waals surface area contributed by atoms with Crippen LogP contribution in [0.25, 0.3) is 0 Å². The van der Waals surface area contributed by atoms with Gasteiger partial charge in [0.05, 0.1) is 6.54 Å². The van der Waals surface area contributed by atoms with E-state index in [1.807, 2.05) is 16.5 Å². The Morgan fingerprint density at radius 2 is 2.33 bits per heavy atom. The highest BCUT2D eigenvalue weighted by Gasteiger charge is 2.27. The fourth-order valence-electron chi connectivity index (χ4n) is 2.49. The van der Waals surface area contributed by atoms with Gasteiger partial charge in [0.2, 0.25) is 0 Å². The van der Waals surface area contributed by atoms with Gasteiger partial charge in [0, 0.05) is 6.54 Å². The highest BCUT2D eigenvalue weighted by Crippen LogP contribution is 2.18. The molecular formula is C12H20N4O2. The third-order valence-electron chi connectivity index (χ3n) is 3.49. The van der Waals surface area contributed by atoms with Crippen molar-refractivity contribution in [2.24, 2.45) is 0 Å². The monoisotopic (exact) mass is 252 g/mol. The summed E-state index contributed by atoms with van der Waals surface area (Å²) in [5.41, 5.74) is 0. The average Bonchev–Trinajstić information content (AvgIpc) is 2.65. The molecule has 1 N–H and O–H groups in total. The maximum absolute atomic E-state index is 11.3. The van der Waals surface area contributed by atoms with Crippen LogP contribution in [-0.2, 0) is 17.9 Å². The molecule has 100 valence electrons. The Kier molecular flexibility index (Phi) is 4.30. The normalized spacial score (nSPS) is 21.7. The molecule has 0 saturated carbocycles. The van der Waals surface area contributed by atoms with Crippen molar-refractivity contribution in [1.29, 1.82) is 0 Å². The second kappa shape index (κ2) is 5.95. The third-order valence-corrected chi connectivity index (χ3v) is 3.49. The second-order valence-electron chi connectivity index (χ2n) is 4.67. The van der Waals surface area contributed by atoms with E-state index < -0.39 is 5.97 Å². The predicted molar refractivity (Wildman–Crippen MR) is 66.0 cm³/mol. The standard InChI is InChI=1S/C12H20N4O2/c1-2-16-11(13-9-14-16)8-15-7-5-3-4-6-10(15)12(17)18/h9-10H,2-8H2,1H3,(H,17,18). The molecule has 1 aromatic heterocycles. The van der Waals surface area contributed by atoms with Gasteiger partial charge in [-0.05, 0) is 26.3 Å². The van der Waals surface area contributed by atoms with Crippen LogP contribution in [0.1, 0.15) is 38.4 Å². The number of aromatic nitrogens is 3. The molecule has 6 nitrogen and oxygen atoms in total. The predicted octanol–water partition coefficient (Wildman–Crippen LogP) is 1.13. The summed E-state index contributed by atoms with van der Waals surface area (Å²) in [5.74, 6) is 0.130. The Morgan fingerprint density at radius 3 is 3.06 bits per heavy atom. The molecule has 1 unspecified atom stereocenters. The Labute approximate surface area is 107 Å². The number of carboxylic acid groups (broad SMARTS) is 1. The van der Waals surface area contributed by atoms with E-state index in [1.165, 1.54) is 6.33 Å². The van der Waals surface area contributed by atoms with Crippen molar-refractivity contribution in [3.63, 3.8) is 0 Å². The summed E-state index contributed by atoms with van der Waals surface area (Å²) in [6.45, 7) is 4.18. The first-order valence-electron chi connectivity index (χ1n) is 6.56. The summed E-state index contributed by atoms with van der Waals surface area (Å²) < 4.78 is 1.82. The molecule has 0 bridgehead atoms. The zero-order valence-corrected chi connectivity index (χ0v) is 10.7. The van der Waals surface area contributed by atoms with Gasteiger partial charge in [-0.3, -0.25) is 9.69 Å². The van der Waals surface area contributed by atoms with Crippen LogP contribution in [0.4, 0.5) is 0 Å². The minimum Gasteiger partial charge on any atom is -0.480 e. The van der Waals surface area contributed by atoms with Crippen LogP contribution in [-0.4, -0.2) is 43.3 Å². The van der Waals surface area contributed by atoms with Crippen molar-refractivity contribution >= 4 is 5.97 Å². The SMILES string of the molecule is CCn1ncnc1CN1CCCCCC1C(=O)O. The van der Waals surface area contributed by atoms with Crippen molar-refractivity contribution in [2.45, 2.75) is 51.7 Å². The van der Waals surface area contributed by atoms with E-state index >= 15 is 0 Å². The minimum absolute atomic E-state index is 0.380. The van der Waals surface area contributed by atoms with Gasteiger partial charge in [-0.2, -0.15) is 5.10 Å². The lowest BCUT2D eigenvalue weighted by molar-refractivity contribution is -0.143. The molecule has 1 fully saturated rings. The molecule has 2 rings (SSSR count). The molecule has 1 saturated heterocycles. The Hall–Kier alpha value is -1.43. The van der Waals surface area contributed by atoms with Crippen molar-refractivity contribution in [3.05, 3.63) is 12.2 Å². The van der Waals surface area contributed by atoms with E-state index in [1.54, 1.807) is 0 Å². The molecule has 2 heterocycles. The third kappa shape index (κ3) is 2.87. The quantitative estimate of drug-likeness (QED) is 0.869. The van der Waals surface area contributed by atoms with Crippen LogP contribution in [0, 0.1) is 0 Å². The molecule has 0 radical (unpaired) electrons. The maximum atomic E-state index is 11.3. The summed E-state index contributed by atoms with van der Waals surface area (Å²) in [5, 5.41) is 13.4. The number of carboxylic acids is 1. The van der Waals surface area contributed by atoms with E-state index in [-0.39, 0.29) is 6.04 Å². The fraction of sp³-hybridized carbons (Fsp3) is 0.750. The van der Waals surface area contributed by atoms with Gasteiger partial charge in [-0.15, -0.1) is 0 Å². The van der Waals surface area contributed by atoms with Gasteiger partial charge in [0.15, 0.2) is 0 Å². The number of likely N-dealkylation sites (tertiary alicyclic amines) is 1. The lowest BCUT2D eigenvalue weighted by Crippen LogP contribution is -2.40. The van der Waals surface area contributed by atoms with Gasteiger partial charge >= 0.3 is 5.97 Å². The van der Waals surface area contributed by atoms with E-state index in [9.17, 15) is 9.90 Å². The minimum atomic E-state index is -0.723. The van der Waals surface area contributed by atoms with Crippen molar-refractivity contribution in [1.82, 2.24) is 19.7 Å². The number of aliphatic carboxylic acids is 1. The van der Waals surface area contributed by atoms with E-state index in [4.69, 9.17) is 0 Å². The van der Waals surface area contributed by atoms with Crippen molar-refractivity contribution < 1.29 is 9.90 Å². The molecule has 1 aliphatic heterocycles. The molecule has 18 heavy (non-hydrogen) atoms. The summed E-state index contributed by atoms with van der Waals surface area (Å²) in [6.07, 6.45) is 5.43. The summed E-state index contributed by atoms with van der Waals surface area (Å²) >= 11 is 0. The first-order valence-corrected chi connectivity index (χ1v) is 6.56. The number of carbonyl (C=O) groups is 1. The topological polar surface area (TPSA) is 71.2 Å². The molecule has 1 aliphatic rings.